The topological polar surface area (TPSA) is 82.9 Å². The quantitative estimate of drug-likeness (QED) is 0.688. The molecule has 0 radical (unpaired) electrons. The minimum atomic E-state index is -2.81. The zero-order valence-corrected chi connectivity index (χ0v) is 6.33. The third-order valence-corrected chi connectivity index (χ3v) is 1.46. The predicted molar refractivity (Wildman–Crippen MR) is 40.0 cm³/mol. The van der Waals surface area contributed by atoms with E-state index in [0.717, 1.165) is 6.20 Å². The molecule has 0 saturated carbocycles. The SMILES string of the molecule is N#Cc1ncc(C(F)F)c(N)c1O. The molecule has 3 N–H and O–H groups in total. The third kappa shape index (κ3) is 1.49. The van der Waals surface area contributed by atoms with Crippen molar-refractivity contribution >= 4 is 5.69 Å². The Morgan fingerprint density at radius 3 is 2.69 bits per heavy atom. The molecule has 0 bridgehead atoms. The maximum Gasteiger partial charge on any atom is 0.267 e. The van der Waals surface area contributed by atoms with E-state index in [9.17, 15) is 8.78 Å². The monoisotopic (exact) mass is 185 g/mol. The van der Waals surface area contributed by atoms with Crippen LogP contribution in [0.3, 0.4) is 0 Å². The summed E-state index contributed by atoms with van der Waals surface area (Å²) in [6.07, 6.45) is -2.04. The highest BCUT2D eigenvalue weighted by atomic mass is 19.3. The number of rotatable bonds is 1. The molecule has 0 unspecified atom stereocenters. The van der Waals surface area contributed by atoms with Crippen molar-refractivity contribution in [3.8, 4) is 11.8 Å². The molecule has 0 saturated heterocycles. The largest absolute Gasteiger partial charge is 0.503 e. The summed E-state index contributed by atoms with van der Waals surface area (Å²) in [5.74, 6) is -0.694. The first-order valence-electron chi connectivity index (χ1n) is 3.23. The fourth-order valence-electron chi connectivity index (χ4n) is 0.785. The van der Waals surface area contributed by atoms with Gasteiger partial charge in [0, 0.05) is 6.20 Å². The fourth-order valence-corrected chi connectivity index (χ4v) is 0.785. The Bertz CT molecular complexity index is 373. The Morgan fingerprint density at radius 1 is 1.62 bits per heavy atom. The van der Waals surface area contributed by atoms with Crippen molar-refractivity contribution in [1.29, 1.82) is 5.26 Å². The summed E-state index contributed by atoms with van der Waals surface area (Å²) in [6.45, 7) is 0. The van der Waals surface area contributed by atoms with Crippen molar-refractivity contribution in [2.24, 2.45) is 0 Å². The van der Waals surface area contributed by atoms with E-state index < -0.39 is 23.4 Å². The van der Waals surface area contributed by atoms with E-state index >= 15 is 0 Å². The number of alkyl halides is 2. The Labute approximate surface area is 72.2 Å². The van der Waals surface area contributed by atoms with Gasteiger partial charge in [-0.25, -0.2) is 13.8 Å². The Balaban J connectivity index is 3.33. The van der Waals surface area contributed by atoms with E-state index in [1.807, 2.05) is 0 Å². The molecule has 1 aromatic heterocycles. The van der Waals surface area contributed by atoms with Crippen molar-refractivity contribution in [2.75, 3.05) is 5.73 Å². The number of aromatic hydroxyl groups is 1. The molecule has 0 aliphatic rings. The lowest BCUT2D eigenvalue weighted by Crippen LogP contribution is -1.98. The van der Waals surface area contributed by atoms with Gasteiger partial charge in [0.25, 0.3) is 6.43 Å². The summed E-state index contributed by atoms with van der Waals surface area (Å²) in [5.41, 5.74) is 3.71. The standard InChI is InChI=1S/C7H5F2N3O/c8-7(9)3-2-12-4(1-10)6(13)5(3)11/h2,7,13H,(H2,11,12). The highest BCUT2D eigenvalue weighted by molar-refractivity contribution is 5.61. The van der Waals surface area contributed by atoms with Crippen LogP contribution in [0.1, 0.15) is 17.7 Å². The number of halogens is 2. The lowest BCUT2D eigenvalue weighted by atomic mass is 10.2. The second-order valence-corrected chi connectivity index (χ2v) is 2.24. The van der Waals surface area contributed by atoms with Crippen LogP contribution in [0.25, 0.3) is 0 Å². The number of nitrogen functional groups attached to an aromatic ring is 1. The molecule has 4 nitrogen and oxygen atoms in total. The summed E-state index contributed by atoms with van der Waals surface area (Å²) in [4.78, 5) is 3.31. The van der Waals surface area contributed by atoms with Gasteiger partial charge in [-0.2, -0.15) is 5.26 Å². The first-order chi connectivity index (χ1) is 6.07. The number of hydrogen-bond acceptors (Lipinski definition) is 4. The minimum absolute atomic E-state index is 0.359. The lowest BCUT2D eigenvalue weighted by Gasteiger charge is -2.05. The molecule has 0 atom stereocenters. The van der Waals surface area contributed by atoms with Gasteiger partial charge >= 0.3 is 0 Å². The van der Waals surface area contributed by atoms with Gasteiger partial charge in [-0.1, -0.05) is 0 Å². The van der Waals surface area contributed by atoms with Crippen LogP contribution in [0.5, 0.6) is 5.75 Å². The molecule has 1 rings (SSSR count). The van der Waals surface area contributed by atoms with Gasteiger partial charge in [0.05, 0.1) is 11.3 Å². The maximum atomic E-state index is 12.1. The normalized spacial score (nSPS) is 10.0. The Hall–Kier alpha value is -1.90. The summed E-state index contributed by atoms with van der Waals surface area (Å²) in [5, 5.41) is 17.4. The number of nitriles is 1. The van der Waals surface area contributed by atoms with Crippen molar-refractivity contribution in [2.45, 2.75) is 6.43 Å². The number of pyridine rings is 1. The number of anilines is 1. The zero-order valence-electron chi connectivity index (χ0n) is 6.33. The van der Waals surface area contributed by atoms with Crippen molar-refractivity contribution in [3.63, 3.8) is 0 Å². The van der Waals surface area contributed by atoms with Crippen LogP contribution in [0, 0.1) is 11.3 Å². The molecule has 1 heterocycles. The molecule has 0 amide bonds. The number of aromatic nitrogens is 1. The molecule has 6 heteroatoms. The van der Waals surface area contributed by atoms with Crippen molar-refractivity contribution in [1.82, 2.24) is 4.98 Å². The van der Waals surface area contributed by atoms with E-state index in [-0.39, 0.29) is 5.69 Å². The third-order valence-electron chi connectivity index (χ3n) is 1.46. The van der Waals surface area contributed by atoms with E-state index in [1.165, 1.54) is 6.07 Å². The van der Waals surface area contributed by atoms with Crippen LogP contribution >= 0.6 is 0 Å². The van der Waals surface area contributed by atoms with Crippen LogP contribution in [-0.2, 0) is 0 Å². The van der Waals surface area contributed by atoms with E-state index in [1.54, 1.807) is 0 Å². The first kappa shape index (κ1) is 9.19. The van der Waals surface area contributed by atoms with E-state index in [4.69, 9.17) is 16.1 Å². The van der Waals surface area contributed by atoms with E-state index in [2.05, 4.69) is 4.98 Å². The molecule has 0 aliphatic heterocycles. The molecule has 0 aliphatic carbocycles. The summed E-state index contributed by atoms with van der Waals surface area (Å²) < 4.78 is 24.3. The molecule has 0 aromatic carbocycles. The van der Waals surface area contributed by atoms with Gasteiger partial charge in [-0.3, -0.25) is 0 Å². The first-order valence-corrected chi connectivity index (χ1v) is 3.23. The molecular formula is C7H5F2N3O. The molecule has 1 aromatic rings. The molecule has 13 heavy (non-hydrogen) atoms. The van der Waals surface area contributed by atoms with Gasteiger partial charge < -0.3 is 10.8 Å². The average Bonchev–Trinajstić information content (AvgIpc) is 2.09. The lowest BCUT2D eigenvalue weighted by molar-refractivity contribution is 0.151. The van der Waals surface area contributed by atoms with Gasteiger partial charge in [-0.15, -0.1) is 0 Å². The van der Waals surface area contributed by atoms with Gasteiger partial charge in [0.15, 0.2) is 11.4 Å². The van der Waals surface area contributed by atoms with Crippen LogP contribution in [0.15, 0.2) is 6.20 Å². The predicted octanol–water partition coefficient (Wildman–Crippen LogP) is 1.18. The minimum Gasteiger partial charge on any atom is -0.503 e. The number of nitrogens with two attached hydrogens (primary N) is 1. The van der Waals surface area contributed by atoms with Crippen LogP contribution in [0.2, 0.25) is 0 Å². The summed E-state index contributed by atoms with van der Waals surface area (Å²) in [7, 11) is 0. The van der Waals surface area contributed by atoms with E-state index in [0.29, 0.717) is 0 Å². The van der Waals surface area contributed by atoms with Crippen molar-refractivity contribution < 1.29 is 13.9 Å². The second-order valence-electron chi connectivity index (χ2n) is 2.24. The molecule has 0 fully saturated rings. The number of nitrogens with zero attached hydrogens (tertiary/aromatic N) is 2. The zero-order chi connectivity index (χ0) is 10.0. The summed E-state index contributed by atoms with van der Waals surface area (Å²) >= 11 is 0. The molecular weight excluding hydrogens is 180 g/mol. The van der Waals surface area contributed by atoms with Gasteiger partial charge in [-0.05, 0) is 0 Å². The molecule has 68 valence electrons. The smallest absolute Gasteiger partial charge is 0.267 e. The van der Waals surface area contributed by atoms with Gasteiger partial charge in [0.2, 0.25) is 0 Å². The molecule has 0 spiro atoms. The number of hydrogen-bond donors (Lipinski definition) is 2. The average molecular weight is 185 g/mol. The van der Waals surface area contributed by atoms with Crippen LogP contribution in [0.4, 0.5) is 14.5 Å². The Kier molecular flexibility index (Phi) is 2.28. The highest BCUT2D eigenvalue weighted by Crippen LogP contribution is 2.32. The summed E-state index contributed by atoms with van der Waals surface area (Å²) in [6, 6.07) is 1.52. The highest BCUT2D eigenvalue weighted by Gasteiger charge is 2.17. The fraction of sp³-hybridized carbons (Fsp3) is 0.143. The maximum absolute atomic E-state index is 12.1. The Morgan fingerprint density at radius 2 is 2.23 bits per heavy atom. The van der Waals surface area contributed by atoms with Crippen LogP contribution < -0.4 is 5.73 Å². The second kappa shape index (κ2) is 3.23. The van der Waals surface area contributed by atoms with Crippen molar-refractivity contribution in [3.05, 3.63) is 17.5 Å². The van der Waals surface area contributed by atoms with Gasteiger partial charge in [0.1, 0.15) is 6.07 Å². The van der Waals surface area contributed by atoms with Crippen LogP contribution in [-0.4, -0.2) is 10.1 Å².